The Kier molecular flexibility index (Phi) is 6.86. The first-order chi connectivity index (χ1) is 15.2. The number of carbonyl (C=O) groups is 3. The van der Waals surface area contributed by atoms with Gasteiger partial charge in [-0.25, -0.2) is 14.4 Å². The number of fused-ring (bicyclic) bond motifs is 1. The summed E-state index contributed by atoms with van der Waals surface area (Å²) >= 11 is 12.4. The van der Waals surface area contributed by atoms with E-state index in [4.69, 9.17) is 33.0 Å². The average molecular weight is 477 g/mol. The highest BCUT2D eigenvalue weighted by molar-refractivity contribution is 6.34. The number of anilines is 1. The van der Waals surface area contributed by atoms with Crippen molar-refractivity contribution in [3.05, 3.63) is 74.7 Å². The average Bonchev–Trinajstić information content (AvgIpc) is 3.06. The molecule has 0 saturated carbocycles. The molecule has 10 heteroatoms. The molecule has 0 fully saturated rings. The van der Waals surface area contributed by atoms with E-state index in [2.05, 4.69) is 10.3 Å². The summed E-state index contributed by atoms with van der Waals surface area (Å²) < 4.78 is 4.96. The number of hydrogen-bond donors (Lipinski definition) is 3. The fourth-order valence-electron chi connectivity index (χ4n) is 3.35. The molecule has 0 spiro atoms. The molecular formula is C22H18Cl2N2O6. The van der Waals surface area contributed by atoms with Gasteiger partial charge in [0.15, 0.2) is 0 Å². The third-order valence-corrected chi connectivity index (χ3v) is 5.19. The highest BCUT2D eigenvalue weighted by atomic mass is 35.5. The molecule has 3 rings (SSSR count). The van der Waals surface area contributed by atoms with Crippen molar-refractivity contribution in [3.8, 4) is 0 Å². The van der Waals surface area contributed by atoms with Crippen LogP contribution in [0.5, 0.6) is 0 Å². The lowest BCUT2D eigenvalue weighted by atomic mass is 9.83. The van der Waals surface area contributed by atoms with Gasteiger partial charge < -0.3 is 14.9 Å². The number of benzene rings is 2. The third kappa shape index (κ3) is 4.46. The zero-order chi connectivity index (χ0) is 23.5. The van der Waals surface area contributed by atoms with Crippen LogP contribution in [0, 0.1) is 0 Å². The van der Waals surface area contributed by atoms with E-state index < -0.39 is 23.6 Å². The van der Waals surface area contributed by atoms with Gasteiger partial charge in [0.1, 0.15) is 0 Å². The van der Waals surface area contributed by atoms with E-state index in [1.165, 1.54) is 42.5 Å². The SMILES string of the molecule is CCCOC(=O)Nc1ccc(C2(C(=O)O)N=c3cc(Cl)cc(Cl)c3=C2C=CC(=O)O)cc1. The lowest BCUT2D eigenvalue weighted by molar-refractivity contribution is -0.141. The second kappa shape index (κ2) is 9.42. The Balaban J connectivity index is 2.15. The van der Waals surface area contributed by atoms with E-state index in [0.29, 0.717) is 12.1 Å². The maximum absolute atomic E-state index is 12.6. The van der Waals surface area contributed by atoms with Gasteiger partial charge in [-0.2, -0.15) is 0 Å². The molecule has 0 radical (unpaired) electrons. The van der Waals surface area contributed by atoms with Crippen LogP contribution in [0.1, 0.15) is 18.9 Å². The largest absolute Gasteiger partial charge is 0.479 e. The molecule has 1 aliphatic rings. The second-order valence-electron chi connectivity index (χ2n) is 6.83. The Bertz CT molecular complexity index is 1240. The van der Waals surface area contributed by atoms with Gasteiger partial charge in [0.25, 0.3) is 0 Å². The monoisotopic (exact) mass is 476 g/mol. The number of nitrogens with one attached hydrogen (secondary N) is 1. The number of aliphatic carboxylic acids is 2. The zero-order valence-corrected chi connectivity index (χ0v) is 18.3. The van der Waals surface area contributed by atoms with Gasteiger partial charge in [-0.3, -0.25) is 10.3 Å². The summed E-state index contributed by atoms with van der Waals surface area (Å²) in [5, 5.41) is 22.8. The molecule has 1 aliphatic heterocycles. The summed E-state index contributed by atoms with van der Waals surface area (Å²) in [6.07, 6.45) is 2.02. The highest BCUT2D eigenvalue weighted by Crippen LogP contribution is 2.38. The van der Waals surface area contributed by atoms with Crippen LogP contribution in [0.15, 0.2) is 53.5 Å². The third-order valence-electron chi connectivity index (χ3n) is 4.67. The van der Waals surface area contributed by atoms with Gasteiger partial charge in [0.2, 0.25) is 5.54 Å². The van der Waals surface area contributed by atoms with E-state index in [1.54, 1.807) is 0 Å². The molecular weight excluding hydrogens is 459 g/mol. The van der Waals surface area contributed by atoms with Gasteiger partial charge in [0, 0.05) is 27.6 Å². The van der Waals surface area contributed by atoms with Crippen molar-refractivity contribution in [2.24, 2.45) is 4.99 Å². The molecule has 1 amide bonds. The number of hydrogen-bond acceptors (Lipinski definition) is 5. The van der Waals surface area contributed by atoms with Crippen LogP contribution in [0.25, 0.3) is 5.57 Å². The Morgan fingerprint density at radius 3 is 2.44 bits per heavy atom. The van der Waals surface area contributed by atoms with Crippen LogP contribution in [0.3, 0.4) is 0 Å². The number of ether oxygens (including phenoxy) is 1. The van der Waals surface area contributed by atoms with E-state index in [-0.39, 0.29) is 38.4 Å². The second-order valence-corrected chi connectivity index (χ2v) is 7.68. The summed E-state index contributed by atoms with van der Waals surface area (Å²) in [4.78, 5) is 39.9. The van der Waals surface area contributed by atoms with Crippen molar-refractivity contribution in [1.29, 1.82) is 0 Å². The van der Waals surface area contributed by atoms with E-state index in [1.807, 2.05) is 6.92 Å². The topological polar surface area (TPSA) is 125 Å². The molecule has 166 valence electrons. The summed E-state index contributed by atoms with van der Waals surface area (Å²) in [6.45, 7) is 2.13. The molecule has 3 N–H and O–H groups in total. The number of rotatable bonds is 7. The van der Waals surface area contributed by atoms with E-state index in [9.17, 15) is 19.5 Å². The lowest BCUT2D eigenvalue weighted by Gasteiger charge is -2.25. The Labute approximate surface area is 192 Å². The normalized spacial score (nSPS) is 17.0. The summed E-state index contributed by atoms with van der Waals surface area (Å²) in [5.74, 6) is -2.60. The zero-order valence-electron chi connectivity index (χ0n) is 16.8. The van der Waals surface area contributed by atoms with Crippen molar-refractivity contribution in [2.45, 2.75) is 18.9 Å². The first-order valence-electron chi connectivity index (χ1n) is 9.47. The molecule has 0 bridgehead atoms. The molecule has 1 atom stereocenters. The number of carboxylic acids is 2. The maximum atomic E-state index is 12.6. The van der Waals surface area contributed by atoms with Gasteiger partial charge >= 0.3 is 18.0 Å². The van der Waals surface area contributed by atoms with Crippen molar-refractivity contribution < 1.29 is 29.3 Å². The van der Waals surface area contributed by atoms with E-state index >= 15 is 0 Å². The molecule has 0 saturated heterocycles. The Morgan fingerprint density at radius 1 is 1.16 bits per heavy atom. The number of carbonyl (C=O) groups excluding carboxylic acids is 1. The fourth-order valence-corrected chi connectivity index (χ4v) is 3.93. The standard InChI is InChI=1S/C22H18Cl2N2O6/c1-2-9-32-21(31)25-14-5-3-12(4-6-14)22(20(29)30)15(7-8-18(27)28)19-16(24)10-13(23)11-17(19)26-22/h3-8,10-11H,2,9H2,1H3,(H,25,31)(H,27,28)(H,29,30). The first-order valence-corrected chi connectivity index (χ1v) is 10.2. The van der Waals surface area contributed by atoms with Crippen LogP contribution >= 0.6 is 23.2 Å². The maximum Gasteiger partial charge on any atom is 0.411 e. The molecule has 1 heterocycles. The summed E-state index contributed by atoms with van der Waals surface area (Å²) in [7, 11) is 0. The Hall–Kier alpha value is -3.36. The molecule has 0 aliphatic carbocycles. The first kappa shape index (κ1) is 23.3. The van der Waals surface area contributed by atoms with Gasteiger partial charge in [-0.15, -0.1) is 0 Å². The van der Waals surface area contributed by atoms with Gasteiger partial charge in [-0.05, 0) is 42.3 Å². The van der Waals surface area contributed by atoms with Crippen LogP contribution < -0.4 is 15.9 Å². The van der Waals surface area contributed by atoms with Gasteiger partial charge in [-0.1, -0.05) is 42.3 Å². The predicted octanol–water partition coefficient (Wildman–Crippen LogP) is 3.36. The van der Waals surface area contributed by atoms with Crippen molar-refractivity contribution >= 4 is 52.5 Å². The van der Waals surface area contributed by atoms with Crippen molar-refractivity contribution in [2.75, 3.05) is 11.9 Å². The molecule has 32 heavy (non-hydrogen) atoms. The minimum absolute atomic E-state index is 0.0760. The van der Waals surface area contributed by atoms with Crippen LogP contribution in [0.2, 0.25) is 10.0 Å². The number of amides is 1. The predicted molar refractivity (Wildman–Crippen MR) is 118 cm³/mol. The van der Waals surface area contributed by atoms with Crippen molar-refractivity contribution in [3.63, 3.8) is 0 Å². The van der Waals surface area contributed by atoms with Gasteiger partial charge in [0.05, 0.1) is 17.0 Å². The lowest BCUT2D eigenvalue weighted by Crippen LogP contribution is -2.34. The quantitative estimate of drug-likeness (QED) is 0.526. The van der Waals surface area contributed by atoms with Crippen LogP contribution in [0.4, 0.5) is 10.5 Å². The minimum Gasteiger partial charge on any atom is -0.479 e. The molecule has 2 aromatic carbocycles. The molecule has 1 unspecified atom stereocenters. The van der Waals surface area contributed by atoms with Crippen molar-refractivity contribution in [1.82, 2.24) is 0 Å². The minimum atomic E-state index is -1.97. The smallest absolute Gasteiger partial charge is 0.411 e. The molecule has 0 aromatic heterocycles. The Morgan fingerprint density at radius 2 is 1.84 bits per heavy atom. The highest BCUT2D eigenvalue weighted by Gasteiger charge is 2.46. The number of carboxylic acid groups (broad SMARTS) is 2. The van der Waals surface area contributed by atoms with Crippen LogP contribution in [-0.4, -0.2) is 34.9 Å². The summed E-state index contributed by atoms with van der Waals surface area (Å²) in [5.41, 5.74) is -1.28. The van der Waals surface area contributed by atoms with Crippen LogP contribution in [-0.2, 0) is 19.9 Å². The summed E-state index contributed by atoms with van der Waals surface area (Å²) in [6, 6.07) is 8.84. The number of halogens is 2. The molecule has 2 aromatic rings. The van der Waals surface area contributed by atoms with E-state index in [0.717, 1.165) is 6.08 Å². The fraction of sp³-hybridized carbons (Fsp3) is 0.182. The molecule has 8 nitrogen and oxygen atoms in total. The number of nitrogens with zero attached hydrogens (tertiary/aromatic N) is 1.